The lowest BCUT2D eigenvalue weighted by Crippen LogP contribution is -2.49. The molecule has 0 saturated heterocycles. The van der Waals surface area contributed by atoms with Gasteiger partial charge in [-0.1, -0.05) is 31.0 Å². The molecule has 0 radical (unpaired) electrons. The minimum atomic E-state index is -1.18. The minimum absolute atomic E-state index is 0.0639. The molecule has 2 rings (SSSR count). The molecule has 0 aliphatic heterocycles. The van der Waals surface area contributed by atoms with E-state index in [1.165, 1.54) is 13.8 Å². The van der Waals surface area contributed by atoms with Gasteiger partial charge >= 0.3 is 12.0 Å². The third-order valence-electron chi connectivity index (χ3n) is 4.43. The first-order valence-corrected chi connectivity index (χ1v) is 9.64. The Bertz CT molecular complexity index is 718. The van der Waals surface area contributed by atoms with Gasteiger partial charge in [-0.05, 0) is 38.8 Å². The topological polar surface area (TPSA) is 123 Å². The maximum atomic E-state index is 12.1. The van der Waals surface area contributed by atoms with Crippen LogP contribution in [0.5, 0.6) is 5.75 Å². The number of rotatable bonds is 8. The largest absolute Gasteiger partial charge is 0.484 e. The van der Waals surface area contributed by atoms with E-state index in [-0.39, 0.29) is 12.6 Å². The Morgan fingerprint density at radius 3 is 2.38 bits per heavy atom. The first kappa shape index (κ1) is 22.2. The minimum Gasteiger partial charge on any atom is -0.484 e. The van der Waals surface area contributed by atoms with Crippen LogP contribution in [0.15, 0.2) is 30.3 Å². The lowest BCUT2D eigenvalue weighted by atomic mass is 10.2. The summed E-state index contributed by atoms with van der Waals surface area (Å²) < 4.78 is 10.3. The van der Waals surface area contributed by atoms with Gasteiger partial charge < -0.3 is 20.1 Å². The monoisotopic (exact) mass is 405 g/mol. The number of nitrogens with one attached hydrogen (secondary N) is 3. The van der Waals surface area contributed by atoms with Crippen molar-refractivity contribution in [2.75, 3.05) is 6.61 Å². The molecule has 1 aliphatic carbocycles. The maximum Gasteiger partial charge on any atom is 0.329 e. The van der Waals surface area contributed by atoms with E-state index in [0.29, 0.717) is 5.75 Å². The predicted molar refractivity (Wildman–Crippen MR) is 104 cm³/mol. The molecule has 29 heavy (non-hydrogen) atoms. The Kier molecular flexibility index (Phi) is 8.45. The lowest BCUT2D eigenvalue weighted by Gasteiger charge is -2.18. The molecule has 0 bridgehead atoms. The highest BCUT2D eigenvalue weighted by Crippen LogP contribution is 2.17. The Morgan fingerprint density at radius 2 is 1.72 bits per heavy atom. The molecule has 9 heteroatoms. The summed E-state index contributed by atoms with van der Waals surface area (Å²) in [5, 5.41) is 7.30. The number of carbonyl (C=O) groups is 4. The van der Waals surface area contributed by atoms with Crippen LogP contribution in [0.2, 0.25) is 0 Å². The van der Waals surface area contributed by atoms with E-state index in [9.17, 15) is 19.2 Å². The molecule has 1 aromatic rings. The first-order chi connectivity index (χ1) is 13.8. The third-order valence-corrected chi connectivity index (χ3v) is 4.43. The molecule has 1 fully saturated rings. The average Bonchev–Trinajstić information content (AvgIpc) is 3.19. The molecule has 2 atom stereocenters. The summed E-state index contributed by atoms with van der Waals surface area (Å²) in [5.41, 5.74) is 0. The molecule has 158 valence electrons. The molecular weight excluding hydrogens is 378 g/mol. The van der Waals surface area contributed by atoms with E-state index in [2.05, 4.69) is 16.0 Å². The quantitative estimate of drug-likeness (QED) is 0.560. The van der Waals surface area contributed by atoms with Crippen LogP contribution in [-0.2, 0) is 19.1 Å². The fourth-order valence-electron chi connectivity index (χ4n) is 2.84. The summed E-state index contributed by atoms with van der Waals surface area (Å²) in [5.74, 6) is -1.51. The van der Waals surface area contributed by atoms with Crippen LogP contribution in [0.1, 0.15) is 39.5 Å². The number of urea groups is 1. The van der Waals surface area contributed by atoms with Crippen LogP contribution in [0.25, 0.3) is 0 Å². The molecule has 0 aromatic heterocycles. The Balaban J connectivity index is 1.69. The van der Waals surface area contributed by atoms with Gasteiger partial charge in [0.1, 0.15) is 11.8 Å². The van der Waals surface area contributed by atoms with E-state index < -0.39 is 36.0 Å². The summed E-state index contributed by atoms with van der Waals surface area (Å²) in [6.07, 6.45) is 2.69. The van der Waals surface area contributed by atoms with Crippen molar-refractivity contribution in [3.63, 3.8) is 0 Å². The lowest BCUT2D eigenvalue weighted by molar-refractivity contribution is -0.157. The van der Waals surface area contributed by atoms with Gasteiger partial charge in [0.05, 0.1) is 0 Å². The van der Waals surface area contributed by atoms with E-state index in [0.717, 1.165) is 25.7 Å². The predicted octanol–water partition coefficient (Wildman–Crippen LogP) is 1.27. The number of esters is 1. The van der Waals surface area contributed by atoms with Crippen molar-refractivity contribution in [3.05, 3.63) is 30.3 Å². The molecular formula is C20H27N3O6. The molecule has 0 unspecified atom stereocenters. The highest BCUT2D eigenvalue weighted by Gasteiger charge is 2.25. The zero-order chi connectivity index (χ0) is 21.2. The van der Waals surface area contributed by atoms with Gasteiger partial charge in [0.15, 0.2) is 12.7 Å². The number of hydrogen-bond donors (Lipinski definition) is 3. The summed E-state index contributed by atoms with van der Waals surface area (Å²) in [4.78, 5) is 47.8. The zero-order valence-electron chi connectivity index (χ0n) is 16.6. The molecule has 4 amide bonds. The van der Waals surface area contributed by atoms with Gasteiger partial charge in [0.2, 0.25) is 0 Å². The molecule has 3 N–H and O–H groups in total. The number of ether oxygens (including phenoxy) is 2. The summed E-state index contributed by atoms with van der Waals surface area (Å²) in [6.45, 7) is 2.52. The highest BCUT2D eigenvalue weighted by atomic mass is 16.5. The molecule has 1 aromatic carbocycles. The van der Waals surface area contributed by atoms with Gasteiger partial charge in [-0.15, -0.1) is 0 Å². The van der Waals surface area contributed by atoms with Crippen molar-refractivity contribution in [2.24, 2.45) is 0 Å². The second-order valence-corrected chi connectivity index (χ2v) is 6.91. The van der Waals surface area contributed by atoms with Crippen LogP contribution in [0.4, 0.5) is 4.79 Å². The van der Waals surface area contributed by atoms with Gasteiger partial charge in [-0.2, -0.15) is 0 Å². The first-order valence-electron chi connectivity index (χ1n) is 9.64. The standard InChI is InChI=1S/C20H27N3O6/c1-13(21-17(24)12-28-16-10-4-3-5-11-16)19(26)29-14(2)18(25)23-20(27)22-15-8-6-7-9-15/h3-5,10-11,13-15H,6-9,12H2,1-2H3,(H,21,24)(H2,22,23,25,27)/t13-,14+/m0/s1. The second kappa shape index (κ2) is 11.0. The van der Waals surface area contributed by atoms with Crippen LogP contribution >= 0.6 is 0 Å². The van der Waals surface area contributed by atoms with Crippen molar-refractivity contribution in [1.29, 1.82) is 0 Å². The van der Waals surface area contributed by atoms with Crippen molar-refractivity contribution in [2.45, 2.75) is 57.7 Å². The fourth-order valence-corrected chi connectivity index (χ4v) is 2.84. The molecule has 1 aliphatic rings. The number of para-hydroxylation sites is 1. The van der Waals surface area contributed by atoms with Crippen LogP contribution < -0.4 is 20.7 Å². The normalized spacial score (nSPS) is 15.7. The van der Waals surface area contributed by atoms with Crippen LogP contribution in [0, 0.1) is 0 Å². The van der Waals surface area contributed by atoms with Crippen molar-refractivity contribution < 1.29 is 28.7 Å². The van der Waals surface area contributed by atoms with Crippen molar-refractivity contribution in [3.8, 4) is 5.75 Å². The van der Waals surface area contributed by atoms with Gasteiger partial charge in [0, 0.05) is 6.04 Å². The van der Waals surface area contributed by atoms with E-state index >= 15 is 0 Å². The number of amides is 4. The highest BCUT2D eigenvalue weighted by molar-refractivity contribution is 5.97. The molecule has 9 nitrogen and oxygen atoms in total. The third kappa shape index (κ3) is 7.81. The summed E-state index contributed by atoms with van der Waals surface area (Å²) in [6, 6.07) is 7.24. The number of hydrogen-bond acceptors (Lipinski definition) is 6. The SMILES string of the molecule is C[C@H](NC(=O)COc1ccccc1)C(=O)O[C@H](C)C(=O)NC(=O)NC1CCCC1. The maximum absolute atomic E-state index is 12.1. The molecule has 0 heterocycles. The zero-order valence-corrected chi connectivity index (χ0v) is 16.6. The Labute approximate surface area is 169 Å². The van der Waals surface area contributed by atoms with Crippen LogP contribution in [0.3, 0.4) is 0 Å². The fraction of sp³-hybridized carbons (Fsp3) is 0.500. The second-order valence-electron chi connectivity index (χ2n) is 6.91. The van der Waals surface area contributed by atoms with E-state index in [1.54, 1.807) is 24.3 Å². The molecule has 0 spiro atoms. The van der Waals surface area contributed by atoms with E-state index in [4.69, 9.17) is 9.47 Å². The van der Waals surface area contributed by atoms with Gasteiger partial charge in [-0.25, -0.2) is 9.59 Å². The smallest absolute Gasteiger partial charge is 0.329 e. The number of carbonyl (C=O) groups excluding carboxylic acids is 4. The van der Waals surface area contributed by atoms with Gasteiger partial charge in [-0.3, -0.25) is 14.9 Å². The molecule has 1 saturated carbocycles. The summed E-state index contributed by atoms with van der Waals surface area (Å²) >= 11 is 0. The average molecular weight is 405 g/mol. The van der Waals surface area contributed by atoms with Crippen molar-refractivity contribution in [1.82, 2.24) is 16.0 Å². The number of benzene rings is 1. The van der Waals surface area contributed by atoms with E-state index in [1.807, 2.05) is 6.07 Å². The van der Waals surface area contributed by atoms with Crippen LogP contribution in [-0.4, -0.2) is 48.6 Å². The van der Waals surface area contributed by atoms with Crippen molar-refractivity contribution >= 4 is 23.8 Å². The Hall–Kier alpha value is -3.10. The number of imide groups is 1. The Morgan fingerprint density at radius 1 is 1.07 bits per heavy atom. The van der Waals surface area contributed by atoms with Gasteiger partial charge in [0.25, 0.3) is 11.8 Å². The summed E-state index contributed by atoms with van der Waals surface area (Å²) in [7, 11) is 0.